The molecule has 2 amide bonds. The minimum absolute atomic E-state index is 0.0101. The Bertz CT molecular complexity index is 758. The van der Waals surface area contributed by atoms with Crippen LogP contribution in [0.2, 0.25) is 0 Å². The fourth-order valence-electron chi connectivity index (χ4n) is 2.39. The van der Waals surface area contributed by atoms with Gasteiger partial charge in [-0.25, -0.2) is 4.79 Å². The second-order valence-corrected chi connectivity index (χ2v) is 5.65. The van der Waals surface area contributed by atoms with Gasteiger partial charge in [0.1, 0.15) is 0 Å². The fourth-order valence-corrected chi connectivity index (χ4v) is 2.39. The van der Waals surface area contributed by atoms with E-state index in [9.17, 15) is 14.4 Å². The molecule has 1 heterocycles. The number of rotatable bonds is 6. The zero-order valence-corrected chi connectivity index (χ0v) is 14.3. The van der Waals surface area contributed by atoms with E-state index in [1.165, 1.54) is 18.4 Å². The monoisotopic (exact) mass is 344 g/mol. The fraction of sp³-hybridized carbons (Fsp3) is 0.278. The lowest BCUT2D eigenvalue weighted by Crippen LogP contribution is -2.35. The second-order valence-electron chi connectivity index (χ2n) is 5.65. The van der Waals surface area contributed by atoms with Crippen LogP contribution in [0, 0.1) is 20.8 Å². The number of amides is 2. The Balaban J connectivity index is 1.78. The van der Waals surface area contributed by atoms with Crippen LogP contribution in [0.5, 0.6) is 0 Å². The van der Waals surface area contributed by atoms with Crippen molar-refractivity contribution in [3.05, 3.63) is 53.0 Å². The first-order valence-corrected chi connectivity index (χ1v) is 7.72. The van der Waals surface area contributed by atoms with Crippen LogP contribution in [0.3, 0.4) is 0 Å². The Hall–Kier alpha value is -3.09. The van der Waals surface area contributed by atoms with Crippen molar-refractivity contribution in [1.82, 2.24) is 5.32 Å². The highest BCUT2D eigenvalue weighted by molar-refractivity contribution is 5.96. The largest absolute Gasteiger partial charge is 0.457 e. The topological polar surface area (TPSA) is 97.6 Å². The lowest BCUT2D eigenvalue weighted by molar-refractivity contribution is -0.126. The van der Waals surface area contributed by atoms with Gasteiger partial charge in [0.15, 0.2) is 6.61 Å². The molecule has 0 aliphatic heterocycles. The number of esters is 1. The quantitative estimate of drug-likeness (QED) is 0.782. The van der Waals surface area contributed by atoms with E-state index < -0.39 is 18.5 Å². The number of carbonyl (C=O) groups excluding carboxylic acids is 3. The molecule has 0 saturated carbocycles. The molecule has 0 aliphatic carbocycles. The van der Waals surface area contributed by atoms with Gasteiger partial charge in [-0.15, -0.1) is 0 Å². The van der Waals surface area contributed by atoms with Crippen molar-refractivity contribution in [1.29, 1.82) is 0 Å². The standard InChI is InChI=1S/C18H20N2O5/c1-11-7-12(2)17(13(3)8-11)20-15(21)9-19-16(22)10-25-18(23)14-5-4-6-24-14/h4-8H,9-10H2,1-3H3,(H,19,22)(H,20,21). The van der Waals surface area contributed by atoms with E-state index in [0.29, 0.717) is 0 Å². The van der Waals surface area contributed by atoms with Crippen LogP contribution in [0.4, 0.5) is 5.69 Å². The van der Waals surface area contributed by atoms with Gasteiger partial charge in [0.25, 0.3) is 5.91 Å². The predicted molar refractivity (Wildman–Crippen MR) is 91.3 cm³/mol. The molecule has 0 saturated heterocycles. The van der Waals surface area contributed by atoms with Crippen LogP contribution >= 0.6 is 0 Å². The molecule has 7 nitrogen and oxygen atoms in total. The van der Waals surface area contributed by atoms with Crippen molar-refractivity contribution >= 4 is 23.5 Å². The van der Waals surface area contributed by atoms with Gasteiger partial charge in [-0.1, -0.05) is 17.7 Å². The summed E-state index contributed by atoms with van der Waals surface area (Å²) < 4.78 is 9.63. The van der Waals surface area contributed by atoms with Crippen molar-refractivity contribution in [2.24, 2.45) is 0 Å². The third-order valence-electron chi connectivity index (χ3n) is 3.44. The molecule has 0 aliphatic rings. The summed E-state index contributed by atoms with van der Waals surface area (Å²) in [4.78, 5) is 35.2. The number of benzene rings is 1. The lowest BCUT2D eigenvalue weighted by Gasteiger charge is -2.13. The number of hydrogen-bond donors (Lipinski definition) is 2. The summed E-state index contributed by atoms with van der Waals surface area (Å²) >= 11 is 0. The van der Waals surface area contributed by atoms with Crippen LogP contribution < -0.4 is 10.6 Å². The van der Waals surface area contributed by atoms with Gasteiger partial charge < -0.3 is 19.8 Å². The molecule has 0 bridgehead atoms. The number of ether oxygens (including phenoxy) is 1. The minimum atomic E-state index is -0.740. The van der Waals surface area contributed by atoms with Gasteiger partial charge in [-0.3, -0.25) is 9.59 Å². The highest BCUT2D eigenvalue weighted by atomic mass is 16.5. The van der Waals surface area contributed by atoms with E-state index in [2.05, 4.69) is 10.6 Å². The van der Waals surface area contributed by atoms with E-state index in [4.69, 9.17) is 9.15 Å². The van der Waals surface area contributed by atoms with Crippen LogP contribution in [0.1, 0.15) is 27.2 Å². The Labute approximate surface area is 145 Å². The van der Waals surface area contributed by atoms with Gasteiger partial charge >= 0.3 is 5.97 Å². The molecular formula is C18H20N2O5. The maximum atomic E-state index is 12.0. The first-order chi connectivity index (χ1) is 11.9. The summed E-state index contributed by atoms with van der Waals surface area (Å²) in [6.45, 7) is 5.08. The maximum absolute atomic E-state index is 12.0. The zero-order chi connectivity index (χ0) is 18.4. The van der Waals surface area contributed by atoms with Gasteiger partial charge in [0, 0.05) is 5.69 Å². The average Bonchev–Trinajstić information content (AvgIpc) is 3.08. The van der Waals surface area contributed by atoms with Crippen LogP contribution in [0.15, 0.2) is 34.9 Å². The molecule has 0 unspecified atom stereocenters. The number of furan rings is 1. The first-order valence-electron chi connectivity index (χ1n) is 7.72. The summed E-state index contributed by atoms with van der Waals surface area (Å²) in [5.74, 6) is -1.67. The van der Waals surface area contributed by atoms with Crippen molar-refractivity contribution in [2.45, 2.75) is 20.8 Å². The van der Waals surface area contributed by atoms with E-state index >= 15 is 0 Å². The molecule has 0 radical (unpaired) electrons. The van der Waals surface area contributed by atoms with Gasteiger partial charge in [0.05, 0.1) is 12.8 Å². The molecule has 2 aromatic rings. The van der Waals surface area contributed by atoms with Gasteiger partial charge in [-0.2, -0.15) is 0 Å². The van der Waals surface area contributed by atoms with E-state index in [1.54, 1.807) is 0 Å². The Morgan fingerprint density at radius 1 is 1.08 bits per heavy atom. The molecule has 0 atom stereocenters. The predicted octanol–water partition coefficient (Wildman–Crippen LogP) is 2.12. The molecule has 0 spiro atoms. The molecule has 7 heteroatoms. The third-order valence-corrected chi connectivity index (χ3v) is 3.44. The highest BCUT2D eigenvalue weighted by Crippen LogP contribution is 2.21. The van der Waals surface area contributed by atoms with E-state index in [1.807, 2.05) is 32.9 Å². The summed E-state index contributed by atoms with van der Waals surface area (Å²) in [6.07, 6.45) is 1.33. The Morgan fingerprint density at radius 3 is 2.36 bits per heavy atom. The minimum Gasteiger partial charge on any atom is -0.457 e. The molecule has 25 heavy (non-hydrogen) atoms. The smallest absolute Gasteiger partial charge is 0.374 e. The normalized spacial score (nSPS) is 10.2. The zero-order valence-electron chi connectivity index (χ0n) is 14.3. The second kappa shape index (κ2) is 8.14. The SMILES string of the molecule is Cc1cc(C)c(NC(=O)CNC(=O)COC(=O)c2ccco2)c(C)c1. The average molecular weight is 344 g/mol. The Kier molecular flexibility index (Phi) is 5.94. The summed E-state index contributed by atoms with van der Waals surface area (Å²) in [6, 6.07) is 6.90. The summed E-state index contributed by atoms with van der Waals surface area (Å²) in [7, 11) is 0. The molecule has 2 rings (SSSR count). The van der Waals surface area contributed by atoms with Crippen molar-refractivity contribution < 1.29 is 23.5 Å². The highest BCUT2D eigenvalue weighted by Gasteiger charge is 2.14. The summed E-state index contributed by atoms with van der Waals surface area (Å²) in [5, 5.41) is 5.17. The van der Waals surface area contributed by atoms with Crippen LogP contribution in [-0.4, -0.2) is 30.9 Å². The van der Waals surface area contributed by atoms with Gasteiger partial charge in [0.2, 0.25) is 11.7 Å². The number of aryl methyl sites for hydroxylation is 3. The molecule has 132 valence electrons. The van der Waals surface area contributed by atoms with E-state index in [0.717, 1.165) is 22.4 Å². The first kappa shape index (κ1) is 18.3. The van der Waals surface area contributed by atoms with Crippen LogP contribution in [-0.2, 0) is 14.3 Å². The number of hydrogen-bond acceptors (Lipinski definition) is 5. The van der Waals surface area contributed by atoms with Crippen molar-refractivity contribution in [3.8, 4) is 0 Å². The number of carbonyl (C=O) groups is 3. The van der Waals surface area contributed by atoms with Crippen LogP contribution in [0.25, 0.3) is 0 Å². The molecule has 2 N–H and O–H groups in total. The summed E-state index contributed by atoms with van der Waals surface area (Å²) in [5.41, 5.74) is 3.74. The van der Waals surface area contributed by atoms with Gasteiger partial charge in [-0.05, 0) is 44.0 Å². The van der Waals surface area contributed by atoms with Crippen molar-refractivity contribution in [2.75, 3.05) is 18.5 Å². The lowest BCUT2D eigenvalue weighted by atomic mass is 10.1. The third kappa shape index (κ3) is 5.20. The molecule has 1 aromatic carbocycles. The van der Waals surface area contributed by atoms with E-state index in [-0.39, 0.29) is 18.2 Å². The molecule has 0 fully saturated rings. The maximum Gasteiger partial charge on any atom is 0.374 e. The van der Waals surface area contributed by atoms with Crippen molar-refractivity contribution in [3.63, 3.8) is 0 Å². The molecule has 1 aromatic heterocycles. The Morgan fingerprint density at radius 2 is 1.76 bits per heavy atom. The number of nitrogens with one attached hydrogen (secondary N) is 2. The number of anilines is 1. The molecular weight excluding hydrogens is 324 g/mol.